The number of ether oxygens (including phenoxy) is 1. The first kappa shape index (κ1) is 22.6. The third-order valence-electron chi connectivity index (χ3n) is 4.38. The maximum Gasteiger partial charge on any atom is 0.338 e. The molecule has 0 aliphatic heterocycles. The smallest absolute Gasteiger partial charge is 0.338 e. The largest absolute Gasteiger partial charge is 0.452 e. The summed E-state index contributed by atoms with van der Waals surface area (Å²) in [5.74, 6) is -1.17. The SMILES string of the molecule is CC[C@@H](C)NC(=O)COC(=O)c1ccc(C)c(S(=O)(=O)NCc2ccccc2)c1. The molecule has 2 aromatic rings. The van der Waals surface area contributed by atoms with Gasteiger partial charge in [0.05, 0.1) is 10.5 Å². The van der Waals surface area contributed by atoms with E-state index in [0.717, 1.165) is 12.0 Å². The molecule has 0 aromatic heterocycles. The van der Waals surface area contributed by atoms with Gasteiger partial charge in [-0.05, 0) is 43.5 Å². The van der Waals surface area contributed by atoms with Crippen LogP contribution in [0.15, 0.2) is 53.4 Å². The van der Waals surface area contributed by atoms with Crippen molar-refractivity contribution in [2.75, 3.05) is 6.61 Å². The zero-order valence-corrected chi connectivity index (χ0v) is 17.6. The van der Waals surface area contributed by atoms with E-state index in [2.05, 4.69) is 10.0 Å². The number of hydrogen-bond donors (Lipinski definition) is 2. The lowest BCUT2D eigenvalue weighted by Gasteiger charge is -2.13. The summed E-state index contributed by atoms with van der Waals surface area (Å²) in [5, 5.41) is 2.69. The molecule has 0 spiro atoms. The van der Waals surface area contributed by atoms with E-state index in [1.807, 2.05) is 44.2 Å². The van der Waals surface area contributed by atoms with E-state index >= 15 is 0 Å². The van der Waals surface area contributed by atoms with Gasteiger partial charge in [-0.25, -0.2) is 17.9 Å². The highest BCUT2D eigenvalue weighted by atomic mass is 32.2. The van der Waals surface area contributed by atoms with Crippen LogP contribution in [0.1, 0.15) is 41.8 Å². The van der Waals surface area contributed by atoms with Crippen LogP contribution in [0.5, 0.6) is 0 Å². The van der Waals surface area contributed by atoms with Crippen molar-refractivity contribution >= 4 is 21.9 Å². The van der Waals surface area contributed by atoms with Crippen LogP contribution in [-0.2, 0) is 26.1 Å². The lowest BCUT2D eigenvalue weighted by atomic mass is 10.1. The number of aryl methyl sites for hydroxylation is 1. The number of rotatable bonds is 9. The van der Waals surface area contributed by atoms with Crippen LogP contribution in [0.4, 0.5) is 0 Å². The zero-order valence-electron chi connectivity index (χ0n) is 16.8. The number of benzene rings is 2. The quantitative estimate of drug-likeness (QED) is 0.610. The van der Waals surface area contributed by atoms with Crippen LogP contribution in [-0.4, -0.2) is 32.9 Å². The number of nitrogens with one attached hydrogen (secondary N) is 2. The molecule has 2 rings (SSSR count). The fourth-order valence-corrected chi connectivity index (χ4v) is 3.79. The molecule has 8 heteroatoms. The highest BCUT2D eigenvalue weighted by Crippen LogP contribution is 2.18. The first-order valence-corrected chi connectivity index (χ1v) is 10.8. The average molecular weight is 419 g/mol. The highest BCUT2D eigenvalue weighted by Gasteiger charge is 2.20. The molecule has 29 heavy (non-hydrogen) atoms. The van der Waals surface area contributed by atoms with Crippen LogP contribution < -0.4 is 10.0 Å². The van der Waals surface area contributed by atoms with Crippen LogP contribution >= 0.6 is 0 Å². The third-order valence-corrected chi connectivity index (χ3v) is 5.92. The van der Waals surface area contributed by atoms with Crippen LogP contribution in [0.25, 0.3) is 0 Å². The average Bonchev–Trinajstić information content (AvgIpc) is 2.71. The minimum Gasteiger partial charge on any atom is -0.452 e. The fraction of sp³-hybridized carbons (Fsp3) is 0.333. The van der Waals surface area contributed by atoms with E-state index < -0.39 is 28.5 Å². The molecule has 0 aliphatic rings. The molecular formula is C21H26N2O5S. The van der Waals surface area contributed by atoms with Crippen molar-refractivity contribution in [2.24, 2.45) is 0 Å². The van der Waals surface area contributed by atoms with Gasteiger partial charge in [0.2, 0.25) is 10.0 Å². The van der Waals surface area contributed by atoms with E-state index in [1.54, 1.807) is 6.92 Å². The summed E-state index contributed by atoms with van der Waals surface area (Å²) >= 11 is 0. The van der Waals surface area contributed by atoms with Gasteiger partial charge in [0.1, 0.15) is 0 Å². The molecule has 2 aromatic carbocycles. The predicted octanol–water partition coefficient (Wildman–Crippen LogP) is 2.55. The second-order valence-corrected chi connectivity index (χ2v) is 8.48. The Labute approximate surface area is 171 Å². The van der Waals surface area contributed by atoms with Crippen molar-refractivity contribution in [3.05, 3.63) is 65.2 Å². The summed E-state index contributed by atoms with van der Waals surface area (Å²) in [6, 6.07) is 13.4. The summed E-state index contributed by atoms with van der Waals surface area (Å²) in [4.78, 5) is 24.0. The lowest BCUT2D eigenvalue weighted by molar-refractivity contribution is -0.124. The first-order valence-electron chi connectivity index (χ1n) is 9.33. The molecule has 0 radical (unpaired) electrons. The molecule has 0 bridgehead atoms. The summed E-state index contributed by atoms with van der Waals surface area (Å²) in [6.07, 6.45) is 0.759. The van der Waals surface area contributed by atoms with Gasteiger partial charge >= 0.3 is 5.97 Å². The van der Waals surface area contributed by atoms with Gasteiger partial charge in [-0.1, -0.05) is 43.3 Å². The Balaban J connectivity index is 2.08. The van der Waals surface area contributed by atoms with Gasteiger partial charge in [0.25, 0.3) is 5.91 Å². The molecule has 0 saturated heterocycles. The maximum absolute atomic E-state index is 12.7. The molecule has 1 atom stereocenters. The molecule has 156 valence electrons. The molecular weight excluding hydrogens is 392 g/mol. The number of carbonyl (C=O) groups is 2. The second kappa shape index (κ2) is 10.2. The Hall–Kier alpha value is -2.71. The monoisotopic (exact) mass is 418 g/mol. The summed E-state index contributed by atoms with van der Waals surface area (Å²) in [5.41, 5.74) is 1.38. The predicted molar refractivity (Wildman–Crippen MR) is 110 cm³/mol. The summed E-state index contributed by atoms with van der Waals surface area (Å²) in [6.45, 7) is 5.13. The Morgan fingerprint density at radius 3 is 2.45 bits per heavy atom. The molecule has 2 N–H and O–H groups in total. The Bertz CT molecular complexity index is 958. The molecule has 0 fully saturated rings. The van der Waals surface area contributed by atoms with Gasteiger partial charge in [-0.15, -0.1) is 0 Å². The van der Waals surface area contributed by atoms with Gasteiger partial charge in [0.15, 0.2) is 6.61 Å². The van der Waals surface area contributed by atoms with Crippen molar-refractivity contribution in [1.29, 1.82) is 0 Å². The van der Waals surface area contributed by atoms with E-state index in [9.17, 15) is 18.0 Å². The highest BCUT2D eigenvalue weighted by molar-refractivity contribution is 7.89. The Kier molecular flexibility index (Phi) is 7.92. The Morgan fingerprint density at radius 1 is 1.10 bits per heavy atom. The van der Waals surface area contributed by atoms with Crippen molar-refractivity contribution in [3.63, 3.8) is 0 Å². The van der Waals surface area contributed by atoms with E-state index in [-0.39, 0.29) is 23.0 Å². The van der Waals surface area contributed by atoms with Gasteiger partial charge in [-0.2, -0.15) is 0 Å². The molecule has 0 unspecified atom stereocenters. The molecule has 7 nitrogen and oxygen atoms in total. The number of esters is 1. The Morgan fingerprint density at radius 2 is 1.79 bits per heavy atom. The van der Waals surface area contributed by atoms with Gasteiger partial charge < -0.3 is 10.1 Å². The number of carbonyl (C=O) groups excluding carboxylic acids is 2. The van der Waals surface area contributed by atoms with Crippen molar-refractivity contribution < 1.29 is 22.7 Å². The number of sulfonamides is 1. The van der Waals surface area contributed by atoms with E-state index in [4.69, 9.17) is 4.74 Å². The van der Waals surface area contributed by atoms with Crippen LogP contribution in [0.2, 0.25) is 0 Å². The zero-order chi connectivity index (χ0) is 21.4. The van der Waals surface area contributed by atoms with Crippen LogP contribution in [0.3, 0.4) is 0 Å². The minimum atomic E-state index is -3.83. The van der Waals surface area contributed by atoms with Gasteiger partial charge in [0, 0.05) is 12.6 Å². The fourth-order valence-electron chi connectivity index (χ4n) is 2.50. The second-order valence-electron chi connectivity index (χ2n) is 6.74. The van der Waals surface area contributed by atoms with Gasteiger partial charge in [-0.3, -0.25) is 4.79 Å². The van der Waals surface area contributed by atoms with Crippen LogP contribution in [0, 0.1) is 6.92 Å². The molecule has 1 amide bonds. The normalized spacial score (nSPS) is 12.2. The third kappa shape index (κ3) is 6.69. The van der Waals surface area contributed by atoms with Crippen molar-refractivity contribution in [1.82, 2.24) is 10.0 Å². The standard InChI is InChI=1S/C21H26N2O5S/c1-4-16(3)23-20(24)14-28-21(25)18-11-10-15(2)19(12-18)29(26,27)22-13-17-8-6-5-7-9-17/h5-12,16,22H,4,13-14H2,1-3H3,(H,23,24)/t16-/m1/s1. The first-order chi connectivity index (χ1) is 13.7. The van der Waals surface area contributed by atoms with E-state index in [0.29, 0.717) is 5.56 Å². The van der Waals surface area contributed by atoms with Crippen molar-refractivity contribution in [3.8, 4) is 0 Å². The maximum atomic E-state index is 12.7. The molecule has 0 heterocycles. The molecule has 0 aliphatic carbocycles. The van der Waals surface area contributed by atoms with E-state index in [1.165, 1.54) is 18.2 Å². The summed E-state index contributed by atoms with van der Waals surface area (Å²) < 4.78 is 32.9. The molecule has 0 saturated carbocycles. The minimum absolute atomic E-state index is 0.00746. The van der Waals surface area contributed by atoms with Crippen molar-refractivity contribution in [2.45, 2.75) is 44.7 Å². The number of hydrogen-bond acceptors (Lipinski definition) is 5. The topological polar surface area (TPSA) is 102 Å². The lowest BCUT2D eigenvalue weighted by Crippen LogP contribution is -2.35. The summed E-state index contributed by atoms with van der Waals surface area (Å²) in [7, 11) is -3.83. The number of amides is 1.